The van der Waals surface area contributed by atoms with Gasteiger partial charge in [-0.1, -0.05) is 38.5 Å². The molecule has 0 amide bonds. The molecule has 0 rings (SSSR count). The van der Waals surface area contributed by atoms with Crippen LogP contribution in [0.4, 0.5) is 4.39 Å². The van der Waals surface area contributed by atoms with Gasteiger partial charge in [0.1, 0.15) is 0 Å². The predicted molar refractivity (Wildman–Crippen MR) is 74.5 cm³/mol. The van der Waals surface area contributed by atoms with E-state index in [1.165, 1.54) is 25.7 Å². The smallest absolute Gasteiger partial charge is 0.377 e. The quantitative estimate of drug-likeness (QED) is 0.377. The Bertz CT molecular complexity index is 169. The number of hydrogen-bond donors (Lipinski definition) is 0. The fourth-order valence-corrected chi connectivity index (χ4v) is 3.85. The van der Waals surface area contributed by atoms with E-state index in [9.17, 15) is 4.39 Å². The van der Waals surface area contributed by atoms with Gasteiger partial charge in [-0.15, -0.1) is 0 Å². The zero-order valence-corrected chi connectivity index (χ0v) is 13.2. The molecular formula is C13H29FO3Si. The minimum atomic E-state index is -2.35. The van der Waals surface area contributed by atoms with Crippen molar-refractivity contribution in [2.45, 2.75) is 57.4 Å². The van der Waals surface area contributed by atoms with Gasteiger partial charge in [-0.2, -0.15) is 0 Å². The fourth-order valence-electron chi connectivity index (χ4n) is 2.05. The average Bonchev–Trinajstić information content (AvgIpc) is 2.42. The Balaban J connectivity index is 3.38. The van der Waals surface area contributed by atoms with Crippen molar-refractivity contribution in [3.8, 4) is 0 Å². The lowest BCUT2D eigenvalue weighted by atomic mass is 10.1. The molecule has 0 aromatic carbocycles. The van der Waals surface area contributed by atoms with Crippen LogP contribution in [0.25, 0.3) is 0 Å². The van der Waals surface area contributed by atoms with Crippen LogP contribution in [0.2, 0.25) is 6.04 Å². The van der Waals surface area contributed by atoms with Gasteiger partial charge >= 0.3 is 8.80 Å². The van der Waals surface area contributed by atoms with Gasteiger partial charge in [-0.25, -0.2) is 0 Å². The van der Waals surface area contributed by atoms with E-state index in [1.807, 2.05) is 0 Å². The third-order valence-electron chi connectivity index (χ3n) is 3.30. The second-order valence-electron chi connectivity index (χ2n) is 4.56. The molecule has 0 aromatic heterocycles. The maximum Gasteiger partial charge on any atom is 0.500 e. The Morgan fingerprint density at radius 2 is 1.06 bits per heavy atom. The summed E-state index contributed by atoms with van der Waals surface area (Å²) in [6.45, 7) is -0.169. The van der Waals surface area contributed by atoms with Gasteiger partial charge < -0.3 is 13.3 Å². The third-order valence-corrected chi connectivity index (χ3v) is 6.13. The predicted octanol–water partition coefficient (Wildman–Crippen LogP) is 3.95. The van der Waals surface area contributed by atoms with Gasteiger partial charge in [0.25, 0.3) is 0 Å². The van der Waals surface area contributed by atoms with Gasteiger partial charge in [0.05, 0.1) is 6.67 Å². The van der Waals surface area contributed by atoms with E-state index < -0.39 is 8.80 Å². The zero-order valence-electron chi connectivity index (χ0n) is 12.2. The molecule has 3 nitrogen and oxygen atoms in total. The van der Waals surface area contributed by atoms with Crippen LogP contribution in [0, 0.1) is 0 Å². The van der Waals surface area contributed by atoms with Crippen molar-refractivity contribution in [1.29, 1.82) is 0 Å². The molecule has 0 atom stereocenters. The lowest BCUT2D eigenvalue weighted by Gasteiger charge is -2.24. The van der Waals surface area contributed by atoms with E-state index in [2.05, 4.69) is 0 Å². The minimum Gasteiger partial charge on any atom is -0.377 e. The Morgan fingerprint density at radius 3 is 1.44 bits per heavy atom. The van der Waals surface area contributed by atoms with Crippen LogP contribution in [0.15, 0.2) is 0 Å². The molecule has 0 heterocycles. The van der Waals surface area contributed by atoms with Crippen molar-refractivity contribution in [2.24, 2.45) is 0 Å². The Kier molecular flexibility index (Phi) is 12.1. The summed E-state index contributed by atoms with van der Waals surface area (Å²) in [7, 11) is 2.63. The number of alkyl halides is 1. The highest BCUT2D eigenvalue weighted by Crippen LogP contribution is 2.18. The SMILES string of the molecule is CO[Si](CCCCCCCCCCF)(OC)OC. The van der Waals surface area contributed by atoms with Crippen LogP contribution in [0.1, 0.15) is 51.4 Å². The molecule has 5 heteroatoms. The van der Waals surface area contributed by atoms with Crippen LogP contribution in [0.3, 0.4) is 0 Å². The molecule has 0 bridgehead atoms. The molecule has 0 fully saturated rings. The summed E-state index contributed by atoms with van der Waals surface area (Å²) in [6, 6.07) is 0.887. The standard InChI is InChI=1S/C13H29FO3Si/c1-15-18(16-2,17-3)13-11-9-7-5-4-6-8-10-12-14/h4-13H2,1-3H3. The molecule has 0 saturated heterocycles. The molecule has 0 N–H and O–H groups in total. The van der Waals surface area contributed by atoms with E-state index >= 15 is 0 Å². The first-order valence-corrected chi connectivity index (χ1v) is 8.89. The third kappa shape index (κ3) is 8.19. The summed E-state index contributed by atoms with van der Waals surface area (Å²) in [5, 5.41) is 0. The lowest BCUT2D eigenvalue weighted by molar-refractivity contribution is 0.122. The molecule has 0 aliphatic carbocycles. The molecule has 110 valence electrons. The van der Waals surface area contributed by atoms with Crippen molar-refractivity contribution in [2.75, 3.05) is 28.0 Å². The van der Waals surface area contributed by atoms with Crippen LogP contribution in [-0.2, 0) is 13.3 Å². The monoisotopic (exact) mass is 280 g/mol. The normalized spacial score (nSPS) is 12.0. The lowest BCUT2D eigenvalue weighted by Crippen LogP contribution is -2.42. The van der Waals surface area contributed by atoms with Gasteiger partial charge in [-0.05, 0) is 12.8 Å². The first-order valence-electron chi connectivity index (χ1n) is 6.96. The summed E-state index contributed by atoms with van der Waals surface area (Å²) in [6.07, 6.45) is 8.90. The number of hydrogen-bond acceptors (Lipinski definition) is 3. The first kappa shape index (κ1) is 18.0. The van der Waals surface area contributed by atoms with Gasteiger partial charge in [0.2, 0.25) is 0 Å². The molecular weight excluding hydrogens is 251 g/mol. The minimum absolute atomic E-state index is 0.169. The van der Waals surface area contributed by atoms with Crippen molar-refractivity contribution >= 4 is 8.80 Å². The zero-order chi connectivity index (χ0) is 13.7. The number of halogens is 1. The van der Waals surface area contributed by atoms with Crippen LogP contribution in [0.5, 0.6) is 0 Å². The molecule has 0 aliphatic heterocycles. The summed E-state index contributed by atoms with van der Waals surface area (Å²) in [5.74, 6) is 0. The van der Waals surface area contributed by atoms with E-state index in [4.69, 9.17) is 13.3 Å². The summed E-state index contributed by atoms with van der Waals surface area (Å²) in [5.41, 5.74) is 0. The van der Waals surface area contributed by atoms with Gasteiger partial charge in [-0.3, -0.25) is 4.39 Å². The molecule has 0 aliphatic rings. The second kappa shape index (κ2) is 12.1. The van der Waals surface area contributed by atoms with Crippen molar-refractivity contribution < 1.29 is 17.7 Å². The van der Waals surface area contributed by atoms with E-state index in [1.54, 1.807) is 21.3 Å². The fraction of sp³-hybridized carbons (Fsp3) is 1.00. The van der Waals surface area contributed by atoms with Crippen LogP contribution >= 0.6 is 0 Å². The van der Waals surface area contributed by atoms with E-state index in [-0.39, 0.29) is 6.67 Å². The maximum absolute atomic E-state index is 11.8. The molecule has 0 spiro atoms. The Morgan fingerprint density at radius 1 is 0.667 bits per heavy atom. The highest BCUT2D eigenvalue weighted by atomic mass is 28.4. The highest BCUT2D eigenvalue weighted by Gasteiger charge is 2.36. The Labute approximate surface area is 112 Å². The van der Waals surface area contributed by atoms with E-state index in [0.29, 0.717) is 0 Å². The first-order chi connectivity index (χ1) is 8.74. The maximum atomic E-state index is 11.8. The number of rotatable bonds is 13. The van der Waals surface area contributed by atoms with Crippen molar-refractivity contribution in [3.05, 3.63) is 0 Å². The Hall–Kier alpha value is 0.0269. The molecule has 0 saturated carbocycles. The number of unbranched alkanes of at least 4 members (excludes halogenated alkanes) is 7. The van der Waals surface area contributed by atoms with Crippen LogP contribution < -0.4 is 0 Å². The largest absolute Gasteiger partial charge is 0.500 e. The summed E-state index contributed by atoms with van der Waals surface area (Å²) >= 11 is 0. The van der Waals surface area contributed by atoms with Crippen LogP contribution in [-0.4, -0.2) is 36.8 Å². The van der Waals surface area contributed by atoms with Crippen molar-refractivity contribution in [3.63, 3.8) is 0 Å². The molecule has 18 heavy (non-hydrogen) atoms. The van der Waals surface area contributed by atoms with Crippen molar-refractivity contribution in [1.82, 2.24) is 0 Å². The topological polar surface area (TPSA) is 27.7 Å². The molecule has 0 aromatic rings. The van der Waals surface area contributed by atoms with Gasteiger partial charge in [0, 0.05) is 27.4 Å². The highest BCUT2D eigenvalue weighted by molar-refractivity contribution is 6.60. The second-order valence-corrected chi connectivity index (χ2v) is 7.65. The molecule has 0 unspecified atom stereocenters. The summed E-state index contributed by atoms with van der Waals surface area (Å²) < 4.78 is 28.0. The van der Waals surface area contributed by atoms with Gasteiger partial charge in [0.15, 0.2) is 0 Å². The average molecular weight is 280 g/mol. The molecule has 0 radical (unpaired) electrons. The van der Waals surface area contributed by atoms with E-state index in [0.717, 1.165) is 31.7 Å². The summed E-state index contributed by atoms with van der Waals surface area (Å²) in [4.78, 5) is 0.